The molecule has 0 aliphatic rings. The Hall–Kier alpha value is -2.51. The first-order valence-corrected chi connectivity index (χ1v) is 10.7. The summed E-state index contributed by atoms with van der Waals surface area (Å²) in [6, 6.07) is 15.7. The number of halogens is 1. The number of carbonyl (C=O) groups is 1. The largest absolute Gasteiger partial charge is 0.350 e. The zero-order valence-corrected chi connectivity index (χ0v) is 16.2. The van der Waals surface area contributed by atoms with Gasteiger partial charge < -0.3 is 5.32 Å². The number of hydrogen-bond acceptors (Lipinski definition) is 4. The average molecular weight is 404 g/mol. The van der Waals surface area contributed by atoms with Crippen molar-refractivity contribution in [2.24, 2.45) is 0 Å². The summed E-state index contributed by atoms with van der Waals surface area (Å²) in [5, 5.41) is 3.40. The Morgan fingerprint density at radius 3 is 2.41 bits per heavy atom. The van der Waals surface area contributed by atoms with Crippen LogP contribution in [0.3, 0.4) is 0 Å². The highest BCUT2D eigenvalue weighted by Crippen LogP contribution is 2.31. The minimum absolute atomic E-state index is 0.116. The summed E-state index contributed by atoms with van der Waals surface area (Å²) >= 11 is 1.30. The third-order valence-electron chi connectivity index (χ3n) is 4.15. The zero-order chi connectivity index (χ0) is 19.4. The smallest absolute Gasteiger partial charge is 0.254 e. The van der Waals surface area contributed by atoms with Crippen LogP contribution < -0.4 is 5.32 Å². The summed E-state index contributed by atoms with van der Waals surface area (Å²) in [6.07, 6.45) is 0. The first kappa shape index (κ1) is 19.3. The van der Waals surface area contributed by atoms with Crippen molar-refractivity contribution >= 4 is 27.1 Å². The number of carbonyl (C=O) groups excluding carboxylic acids is 1. The topological polar surface area (TPSA) is 63.2 Å². The molecule has 140 valence electrons. The lowest BCUT2D eigenvalue weighted by molar-refractivity contribution is 0.0949. The van der Waals surface area contributed by atoms with Crippen LogP contribution in [0.15, 0.2) is 70.9 Å². The fourth-order valence-corrected chi connectivity index (χ4v) is 5.44. The maximum atomic E-state index is 13.8. The Labute approximate surface area is 161 Å². The van der Waals surface area contributed by atoms with Gasteiger partial charge in [-0.25, -0.2) is 12.8 Å². The third kappa shape index (κ3) is 4.26. The molecule has 3 aromatic rings. The number of aryl methyl sites for hydroxylation is 1. The summed E-state index contributed by atoms with van der Waals surface area (Å²) in [6.45, 7) is 1.73. The van der Waals surface area contributed by atoms with E-state index in [-0.39, 0.29) is 17.0 Å². The van der Waals surface area contributed by atoms with Gasteiger partial charge >= 0.3 is 0 Å². The molecule has 0 bridgehead atoms. The van der Waals surface area contributed by atoms with Crippen LogP contribution in [0, 0.1) is 12.7 Å². The molecular formula is C20H18FNO3S2. The van der Waals surface area contributed by atoms with Gasteiger partial charge in [0.1, 0.15) is 11.1 Å². The van der Waals surface area contributed by atoms with Crippen LogP contribution in [0.4, 0.5) is 4.39 Å². The number of hydrogen-bond donors (Lipinski definition) is 1. The number of nitrogens with one attached hydrogen (secondary N) is 1. The van der Waals surface area contributed by atoms with Gasteiger partial charge in [0.15, 0.2) is 9.84 Å². The standard InChI is InChI=1S/C20H18FNO3S2/c1-14-8-10-15(11-9-14)27(24,25)19(18-7-4-12-26-18)13-22-20(23)16-5-2-3-6-17(16)21/h2-12,19H,13H2,1H3,(H,22,23)/t19-/m0/s1. The lowest BCUT2D eigenvalue weighted by Crippen LogP contribution is -2.32. The molecule has 0 radical (unpaired) electrons. The number of rotatable bonds is 6. The Morgan fingerprint density at radius 1 is 1.07 bits per heavy atom. The van der Waals surface area contributed by atoms with Crippen molar-refractivity contribution in [1.29, 1.82) is 0 Å². The fraction of sp³-hybridized carbons (Fsp3) is 0.150. The quantitative estimate of drug-likeness (QED) is 0.673. The zero-order valence-electron chi connectivity index (χ0n) is 14.6. The molecular weight excluding hydrogens is 385 g/mol. The van der Waals surface area contributed by atoms with E-state index in [4.69, 9.17) is 0 Å². The van der Waals surface area contributed by atoms with Crippen molar-refractivity contribution in [3.8, 4) is 0 Å². The highest BCUT2D eigenvalue weighted by atomic mass is 32.2. The fourth-order valence-electron chi connectivity index (χ4n) is 2.66. The van der Waals surface area contributed by atoms with Gasteiger partial charge in [-0.05, 0) is 42.6 Å². The lowest BCUT2D eigenvalue weighted by atomic mass is 10.2. The maximum absolute atomic E-state index is 13.8. The Kier molecular flexibility index (Phi) is 5.72. The Bertz CT molecular complexity index is 1030. The van der Waals surface area contributed by atoms with Crippen LogP contribution in [-0.4, -0.2) is 20.9 Å². The highest BCUT2D eigenvalue weighted by molar-refractivity contribution is 7.91. The molecule has 1 amide bonds. The van der Waals surface area contributed by atoms with Crippen LogP contribution >= 0.6 is 11.3 Å². The summed E-state index contributed by atoms with van der Waals surface area (Å²) in [4.78, 5) is 13.1. The average Bonchev–Trinajstić information content (AvgIpc) is 3.16. The number of thiophene rings is 1. The van der Waals surface area contributed by atoms with E-state index in [9.17, 15) is 17.6 Å². The van der Waals surface area contributed by atoms with E-state index in [1.54, 1.807) is 47.8 Å². The number of benzene rings is 2. The molecule has 2 aromatic carbocycles. The summed E-state index contributed by atoms with van der Waals surface area (Å²) in [5.74, 6) is -1.29. The third-order valence-corrected chi connectivity index (χ3v) is 7.39. The van der Waals surface area contributed by atoms with E-state index in [0.29, 0.717) is 4.88 Å². The monoisotopic (exact) mass is 403 g/mol. The molecule has 27 heavy (non-hydrogen) atoms. The summed E-state index contributed by atoms with van der Waals surface area (Å²) in [7, 11) is -3.73. The molecule has 0 saturated heterocycles. The van der Waals surface area contributed by atoms with Gasteiger partial charge in [0.25, 0.3) is 5.91 Å². The molecule has 1 atom stereocenters. The van der Waals surface area contributed by atoms with Gasteiger partial charge in [-0.3, -0.25) is 4.79 Å². The highest BCUT2D eigenvalue weighted by Gasteiger charge is 2.30. The van der Waals surface area contributed by atoms with Gasteiger partial charge in [0.05, 0.1) is 10.5 Å². The van der Waals surface area contributed by atoms with Crippen LogP contribution in [0.1, 0.15) is 26.0 Å². The first-order valence-electron chi connectivity index (χ1n) is 8.26. The molecule has 4 nitrogen and oxygen atoms in total. The van der Waals surface area contributed by atoms with Gasteiger partial charge in [-0.1, -0.05) is 35.9 Å². The van der Waals surface area contributed by atoms with E-state index in [2.05, 4.69) is 5.32 Å². The Balaban J connectivity index is 1.88. The van der Waals surface area contributed by atoms with Crippen LogP contribution in [0.25, 0.3) is 0 Å². The van der Waals surface area contributed by atoms with Gasteiger partial charge in [-0.2, -0.15) is 0 Å². The van der Waals surface area contributed by atoms with E-state index < -0.39 is 26.8 Å². The van der Waals surface area contributed by atoms with Crippen molar-refractivity contribution in [2.75, 3.05) is 6.54 Å². The minimum atomic E-state index is -3.73. The second kappa shape index (κ2) is 8.02. The van der Waals surface area contributed by atoms with Crippen molar-refractivity contribution in [3.05, 3.63) is 87.9 Å². The van der Waals surface area contributed by atoms with Gasteiger partial charge in [0.2, 0.25) is 0 Å². The second-order valence-corrected chi connectivity index (χ2v) is 9.16. The van der Waals surface area contributed by atoms with Crippen molar-refractivity contribution in [3.63, 3.8) is 0 Å². The summed E-state index contributed by atoms with van der Waals surface area (Å²) in [5.41, 5.74) is 0.838. The van der Waals surface area contributed by atoms with E-state index >= 15 is 0 Å². The lowest BCUT2D eigenvalue weighted by Gasteiger charge is -2.18. The normalized spacial score (nSPS) is 12.5. The molecule has 0 aliphatic carbocycles. The molecule has 0 saturated carbocycles. The number of sulfone groups is 1. The molecule has 1 N–H and O–H groups in total. The summed E-state index contributed by atoms with van der Waals surface area (Å²) < 4.78 is 40.1. The van der Waals surface area contributed by atoms with Gasteiger partial charge in [-0.15, -0.1) is 11.3 Å². The predicted molar refractivity (Wildman–Crippen MR) is 104 cm³/mol. The molecule has 0 unspecified atom stereocenters. The van der Waals surface area contributed by atoms with E-state index in [0.717, 1.165) is 5.56 Å². The maximum Gasteiger partial charge on any atom is 0.254 e. The Morgan fingerprint density at radius 2 is 1.78 bits per heavy atom. The molecule has 1 aromatic heterocycles. The molecule has 3 rings (SSSR count). The van der Waals surface area contributed by atoms with Crippen LogP contribution in [-0.2, 0) is 9.84 Å². The van der Waals surface area contributed by atoms with Gasteiger partial charge in [0, 0.05) is 11.4 Å². The minimum Gasteiger partial charge on any atom is -0.350 e. The van der Waals surface area contributed by atoms with Crippen molar-refractivity contribution in [2.45, 2.75) is 17.1 Å². The molecule has 7 heteroatoms. The predicted octanol–water partition coefficient (Wildman–Crippen LogP) is 4.14. The first-order chi connectivity index (χ1) is 12.9. The van der Waals surface area contributed by atoms with Crippen molar-refractivity contribution in [1.82, 2.24) is 5.32 Å². The molecule has 1 heterocycles. The molecule has 0 fully saturated rings. The second-order valence-electron chi connectivity index (χ2n) is 6.05. The molecule has 0 spiro atoms. The SMILES string of the molecule is Cc1ccc(S(=O)(=O)[C@@H](CNC(=O)c2ccccc2F)c2cccs2)cc1. The van der Waals surface area contributed by atoms with Crippen LogP contribution in [0.5, 0.6) is 0 Å². The molecule has 0 aliphatic heterocycles. The van der Waals surface area contributed by atoms with Crippen LogP contribution in [0.2, 0.25) is 0 Å². The van der Waals surface area contributed by atoms with Crippen molar-refractivity contribution < 1.29 is 17.6 Å². The van der Waals surface area contributed by atoms with E-state index in [1.807, 2.05) is 6.92 Å². The van der Waals surface area contributed by atoms with E-state index in [1.165, 1.54) is 29.5 Å². The number of amides is 1.